The topological polar surface area (TPSA) is 54.2 Å². The number of aromatic nitrogens is 1. The first-order chi connectivity index (χ1) is 14.2. The van der Waals surface area contributed by atoms with Crippen molar-refractivity contribution in [2.75, 3.05) is 34.5 Å². The summed E-state index contributed by atoms with van der Waals surface area (Å²) < 4.78 is 24.0. The third kappa shape index (κ3) is 4.99. The lowest BCUT2D eigenvalue weighted by Gasteiger charge is -2.13. The molecule has 0 aliphatic heterocycles. The molecule has 0 bridgehead atoms. The molecule has 0 saturated carbocycles. The van der Waals surface area contributed by atoms with Gasteiger partial charge in [0.1, 0.15) is 17.2 Å². The molecular formula is C22H26N2O4S. The molecule has 0 saturated heterocycles. The Kier molecular flexibility index (Phi) is 7.32. The van der Waals surface area contributed by atoms with Crippen LogP contribution in [-0.2, 0) is 11.3 Å². The molecule has 154 valence electrons. The zero-order valence-corrected chi connectivity index (χ0v) is 18.0. The Bertz CT molecular complexity index is 993. The first-order valence-corrected chi connectivity index (χ1v) is 10.2. The van der Waals surface area contributed by atoms with Crippen LogP contribution in [0.2, 0.25) is 0 Å². The van der Waals surface area contributed by atoms with Crippen molar-refractivity contribution in [3.8, 4) is 28.5 Å². The molecule has 7 heteroatoms. The van der Waals surface area contributed by atoms with Gasteiger partial charge < -0.3 is 23.5 Å². The van der Waals surface area contributed by atoms with Crippen LogP contribution in [0.3, 0.4) is 0 Å². The fraction of sp³-hybridized carbons (Fsp3) is 0.318. The van der Waals surface area contributed by atoms with Crippen molar-refractivity contribution in [3.63, 3.8) is 0 Å². The number of thiazole rings is 1. The summed E-state index contributed by atoms with van der Waals surface area (Å²) in [5.74, 6) is 2.39. The SMILES string of the molecule is CCOc1ccc(N=c2scc(-c3cc(OC)ccc3OC)n2CCOC)cc1. The van der Waals surface area contributed by atoms with Crippen LogP contribution in [0.25, 0.3) is 11.3 Å². The predicted octanol–water partition coefficient (Wildman–Crippen LogP) is 4.51. The maximum atomic E-state index is 5.58. The fourth-order valence-corrected chi connectivity index (χ4v) is 3.89. The quantitative estimate of drug-likeness (QED) is 0.517. The highest BCUT2D eigenvalue weighted by molar-refractivity contribution is 7.07. The minimum Gasteiger partial charge on any atom is -0.497 e. The van der Waals surface area contributed by atoms with E-state index in [0.29, 0.717) is 19.8 Å². The summed E-state index contributed by atoms with van der Waals surface area (Å²) in [4.78, 5) is 5.72. The lowest BCUT2D eigenvalue weighted by molar-refractivity contribution is 0.187. The number of nitrogens with zero attached hydrogens (tertiary/aromatic N) is 2. The van der Waals surface area contributed by atoms with Gasteiger partial charge in [0.2, 0.25) is 0 Å². The molecule has 1 heterocycles. The molecule has 0 aliphatic rings. The standard InChI is InChI=1S/C22H26N2O4S/c1-5-28-17-8-6-16(7-9-17)23-22-24(12-13-25-2)20(15-29-22)19-14-18(26-3)10-11-21(19)27-4/h6-11,14-15H,5,12-13H2,1-4H3. The van der Waals surface area contributed by atoms with Crippen molar-refractivity contribution in [1.82, 2.24) is 4.57 Å². The van der Waals surface area contributed by atoms with E-state index in [2.05, 4.69) is 9.95 Å². The Labute approximate surface area is 175 Å². The molecule has 0 unspecified atom stereocenters. The summed E-state index contributed by atoms with van der Waals surface area (Å²) >= 11 is 1.58. The average Bonchev–Trinajstić information content (AvgIpc) is 3.15. The van der Waals surface area contributed by atoms with E-state index in [1.54, 1.807) is 32.7 Å². The number of methoxy groups -OCH3 is 3. The normalized spacial score (nSPS) is 11.5. The van der Waals surface area contributed by atoms with E-state index in [9.17, 15) is 0 Å². The van der Waals surface area contributed by atoms with Crippen molar-refractivity contribution in [2.45, 2.75) is 13.5 Å². The molecule has 3 aromatic rings. The van der Waals surface area contributed by atoms with E-state index in [4.69, 9.17) is 23.9 Å². The zero-order valence-electron chi connectivity index (χ0n) is 17.2. The Hall–Kier alpha value is -2.77. The first kappa shape index (κ1) is 21.0. The molecule has 3 rings (SSSR count). The molecule has 0 fully saturated rings. The molecule has 0 radical (unpaired) electrons. The van der Waals surface area contributed by atoms with Gasteiger partial charge in [0, 0.05) is 24.6 Å². The van der Waals surface area contributed by atoms with Gasteiger partial charge in [-0.25, -0.2) is 4.99 Å². The van der Waals surface area contributed by atoms with Crippen LogP contribution in [-0.4, -0.2) is 39.1 Å². The van der Waals surface area contributed by atoms with Gasteiger partial charge in [-0.1, -0.05) is 0 Å². The molecule has 0 spiro atoms. The number of rotatable bonds is 9. The highest BCUT2D eigenvalue weighted by Gasteiger charge is 2.14. The van der Waals surface area contributed by atoms with Crippen LogP contribution < -0.4 is 19.0 Å². The Balaban J connectivity index is 2.08. The highest BCUT2D eigenvalue weighted by Crippen LogP contribution is 2.34. The van der Waals surface area contributed by atoms with Crippen LogP contribution in [0.5, 0.6) is 17.2 Å². The summed E-state index contributed by atoms with van der Waals surface area (Å²) in [6, 6.07) is 13.6. The van der Waals surface area contributed by atoms with Crippen LogP contribution in [0.15, 0.2) is 52.8 Å². The second-order valence-electron chi connectivity index (χ2n) is 6.15. The number of ether oxygens (including phenoxy) is 4. The third-order valence-corrected chi connectivity index (χ3v) is 5.24. The van der Waals surface area contributed by atoms with Gasteiger partial charge >= 0.3 is 0 Å². The molecule has 0 N–H and O–H groups in total. The maximum Gasteiger partial charge on any atom is 0.190 e. The number of hydrogen-bond donors (Lipinski definition) is 0. The number of hydrogen-bond acceptors (Lipinski definition) is 6. The number of benzene rings is 2. The van der Waals surface area contributed by atoms with Crippen LogP contribution >= 0.6 is 11.3 Å². The zero-order chi connectivity index (χ0) is 20.6. The lowest BCUT2D eigenvalue weighted by atomic mass is 10.1. The van der Waals surface area contributed by atoms with Gasteiger partial charge in [-0.3, -0.25) is 0 Å². The monoisotopic (exact) mass is 414 g/mol. The van der Waals surface area contributed by atoms with Crippen molar-refractivity contribution < 1.29 is 18.9 Å². The second-order valence-corrected chi connectivity index (χ2v) is 6.99. The van der Waals surface area contributed by atoms with Crippen molar-refractivity contribution >= 4 is 17.0 Å². The second kappa shape index (κ2) is 10.1. The minimum absolute atomic E-state index is 0.576. The van der Waals surface area contributed by atoms with Gasteiger partial charge in [-0.2, -0.15) is 0 Å². The van der Waals surface area contributed by atoms with Crippen molar-refractivity contribution in [1.29, 1.82) is 0 Å². The molecule has 0 amide bonds. The largest absolute Gasteiger partial charge is 0.497 e. The maximum absolute atomic E-state index is 5.58. The summed E-state index contributed by atoms with van der Waals surface area (Å²) in [7, 11) is 5.02. The summed E-state index contributed by atoms with van der Waals surface area (Å²) in [5, 5.41) is 2.08. The fourth-order valence-electron chi connectivity index (χ4n) is 2.94. The molecule has 0 atom stereocenters. The average molecular weight is 415 g/mol. The molecule has 1 aromatic heterocycles. The van der Waals surface area contributed by atoms with Crippen LogP contribution in [0.4, 0.5) is 5.69 Å². The van der Waals surface area contributed by atoms with Gasteiger partial charge in [0.05, 0.1) is 38.8 Å². The van der Waals surface area contributed by atoms with Gasteiger partial charge in [-0.05, 0) is 49.4 Å². The van der Waals surface area contributed by atoms with E-state index in [0.717, 1.165) is 39.0 Å². The molecule has 0 aliphatic carbocycles. The minimum atomic E-state index is 0.576. The van der Waals surface area contributed by atoms with Crippen molar-refractivity contribution in [2.24, 2.45) is 4.99 Å². The van der Waals surface area contributed by atoms with Crippen LogP contribution in [0, 0.1) is 0 Å². The Morgan fingerprint density at radius 2 is 1.72 bits per heavy atom. The molecule has 29 heavy (non-hydrogen) atoms. The van der Waals surface area contributed by atoms with E-state index in [1.165, 1.54) is 0 Å². The molecule has 6 nitrogen and oxygen atoms in total. The van der Waals surface area contributed by atoms with Gasteiger partial charge in [0.25, 0.3) is 0 Å². The first-order valence-electron chi connectivity index (χ1n) is 9.37. The summed E-state index contributed by atoms with van der Waals surface area (Å²) in [6.07, 6.45) is 0. The summed E-state index contributed by atoms with van der Waals surface area (Å²) in [5.41, 5.74) is 2.82. The Morgan fingerprint density at radius 1 is 0.966 bits per heavy atom. The van der Waals surface area contributed by atoms with E-state index in [-0.39, 0.29) is 0 Å². The lowest BCUT2D eigenvalue weighted by Crippen LogP contribution is -2.18. The highest BCUT2D eigenvalue weighted by atomic mass is 32.1. The van der Waals surface area contributed by atoms with E-state index < -0.39 is 0 Å². The predicted molar refractivity (Wildman–Crippen MR) is 116 cm³/mol. The molecular weight excluding hydrogens is 388 g/mol. The Morgan fingerprint density at radius 3 is 2.38 bits per heavy atom. The molecule has 2 aromatic carbocycles. The smallest absolute Gasteiger partial charge is 0.190 e. The van der Waals surface area contributed by atoms with Gasteiger partial charge in [0.15, 0.2) is 4.80 Å². The van der Waals surface area contributed by atoms with Crippen molar-refractivity contribution in [3.05, 3.63) is 52.6 Å². The van der Waals surface area contributed by atoms with Gasteiger partial charge in [-0.15, -0.1) is 11.3 Å². The van der Waals surface area contributed by atoms with E-state index >= 15 is 0 Å². The summed E-state index contributed by atoms with van der Waals surface area (Å²) in [6.45, 7) is 3.86. The van der Waals surface area contributed by atoms with Crippen LogP contribution in [0.1, 0.15) is 6.92 Å². The third-order valence-electron chi connectivity index (χ3n) is 4.37. The van der Waals surface area contributed by atoms with E-state index in [1.807, 2.05) is 49.4 Å².